The molecule has 1 saturated carbocycles. The maximum atomic E-state index is 12.3. The van der Waals surface area contributed by atoms with E-state index in [4.69, 9.17) is 5.11 Å². The number of carbonyl (C=O) groups is 2. The van der Waals surface area contributed by atoms with E-state index in [1.807, 2.05) is 22.9 Å². The van der Waals surface area contributed by atoms with Gasteiger partial charge in [-0.1, -0.05) is 13.3 Å². The molecule has 110 valence electrons. The molecule has 2 N–H and O–H groups in total. The second-order valence-corrected chi connectivity index (χ2v) is 5.46. The molecule has 5 heteroatoms. The van der Waals surface area contributed by atoms with Gasteiger partial charge < -0.3 is 15.0 Å². The first-order valence-electron chi connectivity index (χ1n) is 7.30. The summed E-state index contributed by atoms with van der Waals surface area (Å²) in [5.41, 5.74) is 0.657. The Morgan fingerprint density at radius 3 is 2.95 bits per heavy atom. The van der Waals surface area contributed by atoms with Crippen LogP contribution in [-0.2, 0) is 11.3 Å². The molecule has 2 atom stereocenters. The summed E-state index contributed by atoms with van der Waals surface area (Å²) in [6, 6.07) is 3.65. The Morgan fingerprint density at radius 1 is 1.45 bits per heavy atom. The van der Waals surface area contributed by atoms with E-state index < -0.39 is 5.97 Å². The lowest BCUT2D eigenvalue weighted by molar-refractivity contribution is -0.143. The number of nitrogens with one attached hydrogen (secondary N) is 1. The van der Waals surface area contributed by atoms with Gasteiger partial charge in [0.15, 0.2) is 0 Å². The van der Waals surface area contributed by atoms with Crippen molar-refractivity contribution in [2.45, 2.75) is 51.6 Å². The van der Waals surface area contributed by atoms with Crippen LogP contribution in [0.1, 0.15) is 49.5 Å². The minimum atomic E-state index is -0.752. The summed E-state index contributed by atoms with van der Waals surface area (Å²) in [7, 11) is 0. The maximum absolute atomic E-state index is 12.3. The number of rotatable bonds is 5. The molecule has 0 aliphatic heterocycles. The summed E-state index contributed by atoms with van der Waals surface area (Å²) >= 11 is 0. The molecule has 1 aromatic rings. The molecular weight excluding hydrogens is 256 g/mol. The first-order chi connectivity index (χ1) is 9.61. The summed E-state index contributed by atoms with van der Waals surface area (Å²) < 4.78 is 1.94. The van der Waals surface area contributed by atoms with Crippen molar-refractivity contribution in [3.05, 3.63) is 24.0 Å². The Hall–Kier alpha value is -1.78. The second-order valence-electron chi connectivity index (χ2n) is 5.46. The highest BCUT2D eigenvalue weighted by Crippen LogP contribution is 2.24. The third-order valence-electron chi connectivity index (χ3n) is 3.89. The van der Waals surface area contributed by atoms with E-state index in [0.717, 1.165) is 25.8 Å². The number of hydrogen-bond acceptors (Lipinski definition) is 2. The summed E-state index contributed by atoms with van der Waals surface area (Å²) in [6.07, 6.45) is 5.85. The number of carboxylic acids is 1. The number of nitrogens with zero attached hydrogens (tertiary/aromatic N) is 1. The largest absolute Gasteiger partial charge is 0.481 e. The number of aryl methyl sites for hydroxylation is 1. The molecule has 5 nitrogen and oxygen atoms in total. The molecule has 1 heterocycles. The van der Waals surface area contributed by atoms with Gasteiger partial charge in [-0.3, -0.25) is 9.59 Å². The molecule has 1 amide bonds. The van der Waals surface area contributed by atoms with E-state index >= 15 is 0 Å². The Labute approximate surface area is 119 Å². The van der Waals surface area contributed by atoms with Gasteiger partial charge in [-0.05, 0) is 37.8 Å². The third kappa shape index (κ3) is 3.40. The van der Waals surface area contributed by atoms with E-state index in [9.17, 15) is 9.59 Å². The van der Waals surface area contributed by atoms with Gasteiger partial charge in [0, 0.05) is 18.8 Å². The molecule has 1 fully saturated rings. The fourth-order valence-electron chi connectivity index (χ4n) is 2.86. The van der Waals surface area contributed by atoms with Gasteiger partial charge in [-0.2, -0.15) is 0 Å². The first kappa shape index (κ1) is 14.6. The molecule has 1 aliphatic rings. The highest BCUT2D eigenvalue weighted by atomic mass is 16.4. The molecule has 2 unspecified atom stereocenters. The van der Waals surface area contributed by atoms with Crippen LogP contribution in [0.15, 0.2) is 18.3 Å². The molecule has 0 spiro atoms. The molecule has 1 aromatic heterocycles. The van der Waals surface area contributed by atoms with Crippen LogP contribution in [0, 0.1) is 5.92 Å². The molecule has 0 bridgehead atoms. The van der Waals surface area contributed by atoms with Crippen LogP contribution >= 0.6 is 0 Å². The second kappa shape index (κ2) is 6.59. The average Bonchev–Trinajstić information content (AvgIpc) is 2.88. The highest BCUT2D eigenvalue weighted by molar-refractivity contribution is 5.93. The first-order valence-corrected chi connectivity index (χ1v) is 7.30. The minimum Gasteiger partial charge on any atom is -0.481 e. The van der Waals surface area contributed by atoms with Crippen molar-refractivity contribution < 1.29 is 14.7 Å². The zero-order valence-electron chi connectivity index (χ0n) is 11.8. The van der Waals surface area contributed by atoms with Crippen LogP contribution in [0.3, 0.4) is 0 Å². The smallest absolute Gasteiger partial charge is 0.306 e. The van der Waals surface area contributed by atoms with Gasteiger partial charge in [-0.25, -0.2) is 0 Å². The Balaban J connectivity index is 1.97. The monoisotopic (exact) mass is 278 g/mol. The van der Waals surface area contributed by atoms with Gasteiger partial charge in [0.05, 0.1) is 5.92 Å². The molecule has 0 aromatic carbocycles. The number of amides is 1. The third-order valence-corrected chi connectivity index (χ3v) is 3.89. The van der Waals surface area contributed by atoms with Crippen LogP contribution in [0.2, 0.25) is 0 Å². The van der Waals surface area contributed by atoms with E-state index in [2.05, 4.69) is 12.2 Å². The zero-order chi connectivity index (χ0) is 14.5. The topological polar surface area (TPSA) is 71.3 Å². The van der Waals surface area contributed by atoms with Crippen molar-refractivity contribution in [3.8, 4) is 0 Å². The predicted octanol–water partition coefficient (Wildman–Crippen LogP) is 2.27. The Kier molecular flexibility index (Phi) is 4.82. The van der Waals surface area contributed by atoms with Gasteiger partial charge >= 0.3 is 5.97 Å². The van der Waals surface area contributed by atoms with Crippen LogP contribution in [0.25, 0.3) is 0 Å². The van der Waals surface area contributed by atoms with Crippen LogP contribution in [-0.4, -0.2) is 27.6 Å². The van der Waals surface area contributed by atoms with E-state index in [1.54, 1.807) is 0 Å². The highest BCUT2D eigenvalue weighted by Gasteiger charge is 2.28. The fraction of sp³-hybridized carbons (Fsp3) is 0.600. The summed E-state index contributed by atoms with van der Waals surface area (Å²) in [5.74, 6) is -1.17. The summed E-state index contributed by atoms with van der Waals surface area (Å²) in [6.45, 7) is 2.89. The summed E-state index contributed by atoms with van der Waals surface area (Å²) in [5, 5.41) is 12.1. The van der Waals surface area contributed by atoms with E-state index in [-0.39, 0.29) is 17.9 Å². The Bertz CT molecular complexity index is 481. The molecular formula is C15H22N2O3. The molecule has 20 heavy (non-hydrogen) atoms. The minimum absolute atomic E-state index is 0.0256. The lowest BCUT2D eigenvalue weighted by Gasteiger charge is -2.27. The van der Waals surface area contributed by atoms with Crippen molar-refractivity contribution in [3.63, 3.8) is 0 Å². The fourth-order valence-corrected chi connectivity index (χ4v) is 2.86. The lowest BCUT2D eigenvalue weighted by atomic mass is 9.86. The van der Waals surface area contributed by atoms with Gasteiger partial charge in [0.2, 0.25) is 0 Å². The van der Waals surface area contributed by atoms with E-state index in [1.165, 1.54) is 0 Å². The predicted molar refractivity (Wildman–Crippen MR) is 75.6 cm³/mol. The number of hydrogen-bond donors (Lipinski definition) is 2. The lowest BCUT2D eigenvalue weighted by Crippen LogP contribution is -2.40. The number of carbonyl (C=O) groups excluding carboxylic acids is 1. The average molecular weight is 278 g/mol. The van der Waals surface area contributed by atoms with Crippen LogP contribution < -0.4 is 5.32 Å². The van der Waals surface area contributed by atoms with Crippen molar-refractivity contribution >= 4 is 11.9 Å². The molecule has 0 radical (unpaired) electrons. The van der Waals surface area contributed by atoms with Crippen LogP contribution in [0.4, 0.5) is 0 Å². The number of aliphatic carboxylic acids is 1. The van der Waals surface area contributed by atoms with Gasteiger partial charge in [-0.15, -0.1) is 0 Å². The normalized spacial score (nSPS) is 22.4. The SMILES string of the molecule is CCCn1cccc1C(=O)NC1CCCC(C(=O)O)C1. The molecule has 1 aliphatic carbocycles. The molecule has 0 saturated heterocycles. The van der Waals surface area contributed by atoms with E-state index in [0.29, 0.717) is 18.5 Å². The standard InChI is InChI=1S/C15H22N2O3/c1-2-8-17-9-4-7-13(17)14(18)16-12-6-3-5-11(10-12)15(19)20/h4,7,9,11-12H,2-3,5-6,8,10H2,1H3,(H,16,18)(H,19,20). The quantitative estimate of drug-likeness (QED) is 0.868. The van der Waals surface area contributed by atoms with Gasteiger partial charge in [0.1, 0.15) is 5.69 Å². The van der Waals surface area contributed by atoms with Crippen molar-refractivity contribution in [1.82, 2.24) is 9.88 Å². The number of carboxylic acid groups (broad SMARTS) is 1. The Morgan fingerprint density at radius 2 is 2.25 bits per heavy atom. The number of aromatic nitrogens is 1. The van der Waals surface area contributed by atoms with Crippen molar-refractivity contribution in [2.75, 3.05) is 0 Å². The van der Waals surface area contributed by atoms with Crippen molar-refractivity contribution in [2.24, 2.45) is 5.92 Å². The summed E-state index contributed by atoms with van der Waals surface area (Å²) in [4.78, 5) is 23.3. The van der Waals surface area contributed by atoms with Crippen molar-refractivity contribution in [1.29, 1.82) is 0 Å². The van der Waals surface area contributed by atoms with Crippen LogP contribution in [0.5, 0.6) is 0 Å². The maximum Gasteiger partial charge on any atom is 0.306 e. The zero-order valence-corrected chi connectivity index (χ0v) is 11.8. The molecule has 2 rings (SSSR count). The van der Waals surface area contributed by atoms with Gasteiger partial charge in [0.25, 0.3) is 5.91 Å².